The van der Waals surface area contributed by atoms with Crippen molar-refractivity contribution in [2.45, 2.75) is 19.4 Å². The predicted molar refractivity (Wildman–Crippen MR) is 64.9 cm³/mol. The Labute approximate surface area is 98.5 Å². The van der Waals surface area contributed by atoms with Crippen molar-refractivity contribution >= 4 is 22.6 Å². The van der Waals surface area contributed by atoms with Gasteiger partial charge in [0.1, 0.15) is 0 Å². The van der Waals surface area contributed by atoms with Crippen LogP contribution in [0.1, 0.15) is 13.3 Å². The lowest BCUT2D eigenvalue weighted by Gasteiger charge is -2.13. The average molecular weight is 231 g/mol. The molecular formula is C12H13N3O2. The van der Waals surface area contributed by atoms with E-state index in [9.17, 15) is 4.79 Å². The van der Waals surface area contributed by atoms with Gasteiger partial charge in [0.25, 0.3) is 0 Å². The second-order valence-electron chi connectivity index (χ2n) is 3.92. The van der Waals surface area contributed by atoms with E-state index in [1.165, 1.54) is 0 Å². The van der Waals surface area contributed by atoms with Crippen LogP contribution < -0.4 is 5.32 Å². The highest BCUT2D eigenvalue weighted by molar-refractivity contribution is 5.91. The molecule has 2 N–H and O–H groups in total. The molecule has 0 radical (unpaired) electrons. The summed E-state index contributed by atoms with van der Waals surface area (Å²) >= 11 is 0. The van der Waals surface area contributed by atoms with Gasteiger partial charge in [-0.1, -0.05) is 24.3 Å². The van der Waals surface area contributed by atoms with Gasteiger partial charge in [0.05, 0.1) is 12.6 Å². The standard InChI is InChI=1S/C12H13N3O2/c1-8(6-11(16)17)14-12-10-5-3-2-4-9(10)7-13-15-12/h2-5,7-8H,6H2,1H3,(H,14,15)(H,16,17). The lowest BCUT2D eigenvalue weighted by atomic mass is 10.1. The van der Waals surface area contributed by atoms with E-state index < -0.39 is 5.97 Å². The number of benzene rings is 1. The van der Waals surface area contributed by atoms with Gasteiger partial charge in [0, 0.05) is 16.8 Å². The van der Waals surface area contributed by atoms with E-state index in [1.54, 1.807) is 13.1 Å². The summed E-state index contributed by atoms with van der Waals surface area (Å²) < 4.78 is 0. The third-order valence-corrected chi connectivity index (χ3v) is 2.43. The van der Waals surface area contributed by atoms with E-state index in [4.69, 9.17) is 5.11 Å². The van der Waals surface area contributed by atoms with Crippen LogP contribution in [0.4, 0.5) is 5.82 Å². The topological polar surface area (TPSA) is 75.1 Å². The number of anilines is 1. The summed E-state index contributed by atoms with van der Waals surface area (Å²) in [5, 5.41) is 21.6. The summed E-state index contributed by atoms with van der Waals surface area (Å²) in [6.07, 6.45) is 1.73. The van der Waals surface area contributed by atoms with Crippen LogP contribution in [0.25, 0.3) is 10.8 Å². The van der Waals surface area contributed by atoms with Gasteiger partial charge in [-0.15, -0.1) is 5.10 Å². The Morgan fingerprint density at radius 1 is 1.47 bits per heavy atom. The van der Waals surface area contributed by atoms with Crippen molar-refractivity contribution in [1.82, 2.24) is 10.2 Å². The molecule has 5 heteroatoms. The number of hydrogen-bond acceptors (Lipinski definition) is 4. The summed E-state index contributed by atoms with van der Waals surface area (Å²) in [6, 6.07) is 7.52. The molecule has 2 rings (SSSR count). The van der Waals surface area contributed by atoms with Gasteiger partial charge in [0.15, 0.2) is 5.82 Å². The molecule has 0 spiro atoms. The summed E-state index contributed by atoms with van der Waals surface area (Å²) in [7, 11) is 0. The highest BCUT2D eigenvalue weighted by atomic mass is 16.4. The molecule has 1 aromatic heterocycles. The molecular weight excluding hydrogens is 218 g/mol. The van der Waals surface area contributed by atoms with Crippen LogP contribution in [0.3, 0.4) is 0 Å². The third-order valence-electron chi connectivity index (χ3n) is 2.43. The number of carboxylic acid groups (broad SMARTS) is 1. The molecule has 1 heterocycles. The molecule has 0 bridgehead atoms. The van der Waals surface area contributed by atoms with E-state index in [0.29, 0.717) is 5.82 Å². The van der Waals surface area contributed by atoms with E-state index in [-0.39, 0.29) is 12.5 Å². The Morgan fingerprint density at radius 2 is 2.24 bits per heavy atom. The molecule has 0 amide bonds. The number of hydrogen-bond donors (Lipinski definition) is 2. The maximum Gasteiger partial charge on any atom is 0.305 e. The third kappa shape index (κ3) is 2.69. The van der Waals surface area contributed by atoms with E-state index in [2.05, 4.69) is 15.5 Å². The average Bonchev–Trinajstić information content (AvgIpc) is 2.28. The Hall–Kier alpha value is -2.17. The van der Waals surface area contributed by atoms with Crippen LogP contribution in [-0.4, -0.2) is 27.3 Å². The van der Waals surface area contributed by atoms with Gasteiger partial charge in [0.2, 0.25) is 0 Å². The van der Waals surface area contributed by atoms with Gasteiger partial charge in [-0.3, -0.25) is 4.79 Å². The predicted octanol–water partition coefficient (Wildman–Crippen LogP) is 1.90. The first-order valence-corrected chi connectivity index (χ1v) is 5.35. The van der Waals surface area contributed by atoms with Crippen LogP contribution in [0.15, 0.2) is 30.5 Å². The Balaban J connectivity index is 2.26. The van der Waals surface area contributed by atoms with Crippen molar-refractivity contribution in [2.75, 3.05) is 5.32 Å². The molecule has 0 aliphatic heterocycles. The minimum atomic E-state index is -0.835. The van der Waals surface area contributed by atoms with Crippen molar-refractivity contribution in [3.8, 4) is 0 Å². The van der Waals surface area contributed by atoms with E-state index in [0.717, 1.165) is 10.8 Å². The maximum absolute atomic E-state index is 10.6. The summed E-state index contributed by atoms with van der Waals surface area (Å²) in [4.78, 5) is 10.6. The molecule has 0 aliphatic carbocycles. The largest absolute Gasteiger partial charge is 0.481 e. The lowest BCUT2D eigenvalue weighted by molar-refractivity contribution is -0.137. The van der Waals surface area contributed by atoms with E-state index >= 15 is 0 Å². The molecule has 0 saturated carbocycles. The molecule has 1 unspecified atom stereocenters. The number of fused-ring (bicyclic) bond motifs is 1. The zero-order valence-corrected chi connectivity index (χ0v) is 9.42. The number of carboxylic acids is 1. The minimum Gasteiger partial charge on any atom is -0.481 e. The van der Waals surface area contributed by atoms with Gasteiger partial charge in [-0.05, 0) is 6.92 Å². The minimum absolute atomic E-state index is 0.0465. The first-order chi connectivity index (χ1) is 8.16. The number of carbonyl (C=O) groups is 1. The molecule has 88 valence electrons. The van der Waals surface area contributed by atoms with Gasteiger partial charge >= 0.3 is 5.97 Å². The van der Waals surface area contributed by atoms with E-state index in [1.807, 2.05) is 24.3 Å². The first kappa shape index (κ1) is 11.3. The van der Waals surface area contributed by atoms with Crippen LogP contribution in [0.5, 0.6) is 0 Å². The Kier molecular flexibility index (Phi) is 3.18. The fraction of sp³-hybridized carbons (Fsp3) is 0.250. The number of aliphatic carboxylic acids is 1. The van der Waals surface area contributed by atoms with Crippen molar-refractivity contribution in [3.63, 3.8) is 0 Å². The summed E-state index contributed by atoms with van der Waals surface area (Å²) in [5.74, 6) is -0.213. The van der Waals surface area contributed by atoms with Crippen LogP contribution in [-0.2, 0) is 4.79 Å². The van der Waals surface area contributed by atoms with Gasteiger partial charge < -0.3 is 10.4 Å². The highest BCUT2D eigenvalue weighted by Gasteiger charge is 2.10. The highest BCUT2D eigenvalue weighted by Crippen LogP contribution is 2.20. The van der Waals surface area contributed by atoms with Gasteiger partial charge in [-0.2, -0.15) is 5.10 Å². The summed E-state index contributed by atoms with van der Waals surface area (Å²) in [5.41, 5.74) is 0. The number of nitrogens with one attached hydrogen (secondary N) is 1. The summed E-state index contributed by atoms with van der Waals surface area (Å²) in [6.45, 7) is 1.80. The van der Waals surface area contributed by atoms with Crippen molar-refractivity contribution in [1.29, 1.82) is 0 Å². The zero-order chi connectivity index (χ0) is 12.3. The second kappa shape index (κ2) is 4.78. The Morgan fingerprint density at radius 3 is 3.00 bits per heavy atom. The fourth-order valence-electron chi connectivity index (χ4n) is 1.68. The zero-order valence-electron chi connectivity index (χ0n) is 9.42. The number of nitrogens with zero attached hydrogens (tertiary/aromatic N) is 2. The molecule has 2 aromatic rings. The quantitative estimate of drug-likeness (QED) is 0.840. The molecule has 1 atom stereocenters. The van der Waals surface area contributed by atoms with Crippen molar-refractivity contribution in [3.05, 3.63) is 30.5 Å². The fourth-order valence-corrected chi connectivity index (χ4v) is 1.68. The van der Waals surface area contributed by atoms with Crippen LogP contribution >= 0.6 is 0 Å². The Bertz CT molecular complexity index is 537. The van der Waals surface area contributed by atoms with Crippen molar-refractivity contribution < 1.29 is 9.90 Å². The SMILES string of the molecule is CC(CC(=O)O)Nc1nncc2ccccc12. The van der Waals surface area contributed by atoms with Gasteiger partial charge in [-0.25, -0.2) is 0 Å². The first-order valence-electron chi connectivity index (χ1n) is 5.35. The number of rotatable bonds is 4. The number of aromatic nitrogens is 2. The second-order valence-corrected chi connectivity index (χ2v) is 3.92. The lowest BCUT2D eigenvalue weighted by Crippen LogP contribution is -2.20. The molecule has 5 nitrogen and oxygen atoms in total. The molecule has 0 aliphatic rings. The molecule has 1 aromatic carbocycles. The monoisotopic (exact) mass is 231 g/mol. The van der Waals surface area contributed by atoms with Crippen LogP contribution in [0.2, 0.25) is 0 Å². The van der Waals surface area contributed by atoms with Crippen LogP contribution in [0, 0.1) is 0 Å². The van der Waals surface area contributed by atoms with Crippen molar-refractivity contribution in [2.24, 2.45) is 0 Å². The molecule has 0 saturated heterocycles. The molecule has 17 heavy (non-hydrogen) atoms. The maximum atomic E-state index is 10.6. The normalized spacial score (nSPS) is 12.3. The smallest absolute Gasteiger partial charge is 0.305 e. The molecule has 0 fully saturated rings.